The molecule has 0 unspecified atom stereocenters. The summed E-state index contributed by atoms with van der Waals surface area (Å²) >= 11 is 0. The maximum atomic E-state index is 4.92. The zero-order valence-corrected chi connectivity index (χ0v) is 20.4. The minimum atomic E-state index is 0.482. The molecule has 0 bridgehead atoms. The normalized spacial score (nSPS) is 20.6. The van der Waals surface area contributed by atoms with Gasteiger partial charge in [0.2, 0.25) is 5.95 Å². The summed E-state index contributed by atoms with van der Waals surface area (Å²) in [6, 6.07) is 9.15. The van der Waals surface area contributed by atoms with Crippen LogP contribution in [0.2, 0.25) is 0 Å². The van der Waals surface area contributed by atoms with E-state index < -0.39 is 0 Å². The number of hydrogen-bond donors (Lipinski definition) is 2. The Morgan fingerprint density at radius 1 is 1.03 bits per heavy atom. The molecule has 176 valence electrons. The van der Waals surface area contributed by atoms with Crippen LogP contribution in [0, 0.1) is 5.92 Å². The lowest BCUT2D eigenvalue weighted by Gasteiger charge is -2.30. The molecular formula is C27H38N6. The van der Waals surface area contributed by atoms with Crippen LogP contribution in [0.1, 0.15) is 55.3 Å². The summed E-state index contributed by atoms with van der Waals surface area (Å²) < 4.78 is 2.23. The van der Waals surface area contributed by atoms with Crippen LogP contribution in [0.5, 0.6) is 0 Å². The zero-order valence-electron chi connectivity index (χ0n) is 20.4. The SMILES string of the molecule is CN(C)c1nc(N[C@H]2CC[C@@H](CNCc3cn(C)c4ccccc34)CC2)nc2c1CCCC2. The van der Waals surface area contributed by atoms with Crippen molar-refractivity contribution in [3.8, 4) is 0 Å². The smallest absolute Gasteiger partial charge is 0.225 e. The Labute approximate surface area is 197 Å². The first-order valence-electron chi connectivity index (χ1n) is 12.7. The second-order valence-corrected chi connectivity index (χ2v) is 10.2. The predicted octanol–water partition coefficient (Wildman–Crippen LogP) is 4.67. The predicted molar refractivity (Wildman–Crippen MR) is 137 cm³/mol. The van der Waals surface area contributed by atoms with Gasteiger partial charge in [0.05, 0.1) is 5.69 Å². The maximum Gasteiger partial charge on any atom is 0.225 e. The molecule has 0 spiro atoms. The van der Waals surface area contributed by atoms with E-state index in [0.29, 0.717) is 6.04 Å². The third kappa shape index (κ3) is 4.86. The first kappa shape index (κ1) is 22.2. The topological polar surface area (TPSA) is 58.0 Å². The largest absolute Gasteiger partial charge is 0.362 e. The van der Waals surface area contributed by atoms with Gasteiger partial charge in [-0.3, -0.25) is 0 Å². The van der Waals surface area contributed by atoms with Crippen molar-refractivity contribution in [3.63, 3.8) is 0 Å². The molecule has 0 aliphatic heterocycles. The van der Waals surface area contributed by atoms with Gasteiger partial charge in [0.15, 0.2) is 0 Å². The van der Waals surface area contributed by atoms with E-state index in [0.717, 1.165) is 43.6 Å². The number of aromatic nitrogens is 3. The molecule has 2 N–H and O–H groups in total. The summed E-state index contributed by atoms with van der Waals surface area (Å²) in [6.45, 7) is 2.03. The number of anilines is 2. The van der Waals surface area contributed by atoms with Crippen molar-refractivity contribution in [1.29, 1.82) is 0 Å². The molecule has 6 nitrogen and oxygen atoms in total. The number of benzene rings is 1. The molecule has 1 saturated carbocycles. The number of nitrogens with zero attached hydrogens (tertiary/aromatic N) is 4. The van der Waals surface area contributed by atoms with E-state index in [4.69, 9.17) is 9.97 Å². The van der Waals surface area contributed by atoms with E-state index in [1.54, 1.807) is 0 Å². The van der Waals surface area contributed by atoms with Gasteiger partial charge < -0.3 is 20.1 Å². The molecule has 0 saturated heterocycles. The number of rotatable bonds is 7. The van der Waals surface area contributed by atoms with Crippen molar-refractivity contribution in [3.05, 3.63) is 47.3 Å². The van der Waals surface area contributed by atoms with Gasteiger partial charge in [-0.05, 0) is 75.5 Å². The highest BCUT2D eigenvalue weighted by molar-refractivity contribution is 5.83. The van der Waals surface area contributed by atoms with Crippen LogP contribution in [0.4, 0.5) is 11.8 Å². The third-order valence-corrected chi connectivity index (χ3v) is 7.49. The Bertz CT molecular complexity index is 1090. The Balaban J connectivity index is 1.13. The second kappa shape index (κ2) is 9.72. The van der Waals surface area contributed by atoms with Gasteiger partial charge in [0, 0.05) is 56.4 Å². The fourth-order valence-corrected chi connectivity index (χ4v) is 5.68. The van der Waals surface area contributed by atoms with Gasteiger partial charge in [0.25, 0.3) is 0 Å². The van der Waals surface area contributed by atoms with Crippen molar-refractivity contribution in [2.75, 3.05) is 30.9 Å². The Hall–Kier alpha value is -2.60. The van der Waals surface area contributed by atoms with Gasteiger partial charge in [-0.15, -0.1) is 0 Å². The summed E-state index contributed by atoms with van der Waals surface area (Å²) in [5.74, 6) is 2.69. The Morgan fingerprint density at radius 3 is 2.64 bits per heavy atom. The minimum absolute atomic E-state index is 0.482. The fourth-order valence-electron chi connectivity index (χ4n) is 5.68. The summed E-state index contributed by atoms with van der Waals surface area (Å²) in [4.78, 5) is 12.0. The average Bonchev–Trinajstić information content (AvgIpc) is 3.15. The van der Waals surface area contributed by atoms with Gasteiger partial charge in [-0.25, -0.2) is 4.98 Å². The van der Waals surface area contributed by atoms with Crippen LogP contribution >= 0.6 is 0 Å². The number of hydrogen-bond acceptors (Lipinski definition) is 5. The molecule has 3 aromatic rings. The van der Waals surface area contributed by atoms with Crippen molar-refractivity contribution < 1.29 is 0 Å². The summed E-state index contributed by atoms with van der Waals surface area (Å²) in [6.07, 6.45) is 11.9. The molecular weight excluding hydrogens is 408 g/mol. The van der Waals surface area contributed by atoms with E-state index in [2.05, 4.69) is 71.7 Å². The summed E-state index contributed by atoms with van der Waals surface area (Å²) in [7, 11) is 6.32. The maximum absolute atomic E-state index is 4.92. The van der Waals surface area contributed by atoms with Crippen LogP contribution in [0.15, 0.2) is 30.5 Å². The highest BCUT2D eigenvalue weighted by Crippen LogP contribution is 2.30. The standard InChI is InChI=1S/C27H38N6/c1-32(2)26-23-9-4-6-10-24(23)30-27(31-26)29-21-14-12-19(13-15-21)16-28-17-20-18-33(3)25-11-7-5-8-22(20)25/h5,7-8,11,18-19,21,28H,4,6,9-10,12-17H2,1-3H3,(H,29,30,31)/t19-,21+. The van der Waals surface area contributed by atoms with Crippen molar-refractivity contribution in [2.24, 2.45) is 13.0 Å². The fraction of sp³-hybridized carbons (Fsp3) is 0.556. The second-order valence-electron chi connectivity index (χ2n) is 10.2. The van der Waals surface area contributed by atoms with E-state index in [1.165, 1.54) is 66.2 Å². The first-order valence-corrected chi connectivity index (χ1v) is 12.7. The van der Waals surface area contributed by atoms with Gasteiger partial charge in [-0.1, -0.05) is 18.2 Å². The van der Waals surface area contributed by atoms with Crippen LogP contribution in [-0.2, 0) is 26.4 Å². The lowest BCUT2D eigenvalue weighted by atomic mass is 9.86. The molecule has 0 radical (unpaired) electrons. The van der Waals surface area contributed by atoms with E-state index in [-0.39, 0.29) is 0 Å². The number of nitrogens with one attached hydrogen (secondary N) is 2. The first-order chi connectivity index (χ1) is 16.1. The van der Waals surface area contributed by atoms with E-state index >= 15 is 0 Å². The van der Waals surface area contributed by atoms with E-state index in [9.17, 15) is 0 Å². The van der Waals surface area contributed by atoms with Gasteiger partial charge in [0.1, 0.15) is 5.82 Å². The molecule has 1 fully saturated rings. The molecule has 1 aromatic carbocycles. The molecule has 0 amide bonds. The van der Waals surface area contributed by atoms with Crippen molar-refractivity contribution >= 4 is 22.7 Å². The van der Waals surface area contributed by atoms with Crippen LogP contribution in [0.25, 0.3) is 10.9 Å². The van der Waals surface area contributed by atoms with Crippen LogP contribution in [-0.4, -0.2) is 41.2 Å². The molecule has 6 heteroatoms. The molecule has 0 atom stereocenters. The number of fused-ring (bicyclic) bond motifs is 2. The van der Waals surface area contributed by atoms with Gasteiger partial charge >= 0.3 is 0 Å². The lowest BCUT2D eigenvalue weighted by molar-refractivity contribution is 0.324. The quantitative estimate of drug-likeness (QED) is 0.552. The monoisotopic (exact) mass is 446 g/mol. The molecule has 2 aliphatic rings. The highest BCUT2D eigenvalue weighted by atomic mass is 15.2. The van der Waals surface area contributed by atoms with Crippen LogP contribution < -0.4 is 15.5 Å². The number of para-hydroxylation sites is 1. The molecule has 2 aromatic heterocycles. The zero-order chi connectivity index (χ0) is 22.8. The molecule has 5 rings (SSSR count). The average molecular weight is 447 g/mol. The molecule has 2 aliphatic carbocycles. The van der Waals surface area contributed by atoms with Crippen LogP contribution in [0.3, 0.4) is 0 Å². The summed E-state index contributed by atoms with van der Waals surface area (Å²) in [5.41, 5.74) is 5.32. The number of aryl methyl sites for hydroxylation is 2. The summed E-state index contributed by atoms with van der Waals surface area (Å²) in [5, 5.41) is 8.77. The van der Waals surface area contributed by atoms with Crippen molar-refractivity contribution in [1.82, 2.24) is 19.9 Å². The molecule has 2 heterocycles. The van der Waals surface area contributed by atoms with E-state index in [1.807, 2.05) is 0 Å². The minimum Gasteiger partial charge on any atom is -0.362 e. The molecule has 33 heavy (non-hydrogen) atoms. The highest BCUT2D eigenvalue weighted by Gasteiger charge is 2.24. The van der Waals surface area contributed by atoms with Gasteiger partial charge in [-0.2, -0.15) is 4.98 Å². The van der Waals surface area contributed by atoms with Crippen molar-refractivity contribution in [2.45, 2.75) is 64.0 Å². The Kier molecular flexibility index (Phi) is 6.54. The Morgan fingerprint density at radius 2 is 1.82 bits per heavy atom. The third-order valence-electron chi connectivity index (χ3n) is 7.49. The lowest BCUT2D eigenvalue weighted by Crippen LogP contribution is -2.32.